The lowest BCUT2D eigenvalue weighted by Crippen LogP contribution is -2.57. The first-order valence-electron chi connectivity index (χ1n) is 18.6. The number of esters is 1. The molecule has 1 spiro atoms. The summed E-state index contributed by atoms with van der Waals surface area (Å²) in [5.41, 5.74) is -0.343. The van der Waals surface area contributed by atoms with Crippen molar-refractivity contribution in [1.82, 2.24) is 20.5 Å². The predicted molar refractivity (Wildman–Crippen MR) is 195 cm³/mol. The van der Waals surface area contributed by atoms with Crippen LogP contribution in [0.5, 0.6) is 5.75 Å². The van der Waals surface area contributed by atoms with Crippen molar-refractivity contribution in [2.45, 2.75) is 102 Å². The Morgan fingerprint density at radius 2 is 1.85 bits per heavy atom. The lowest BCUT2D eigenvalue weighted by atomic mass is 9.86. The van der Waals surface area contributed by atoms with Crippen molar-refractivity contribution in [3.8, 4) is 17.0 Å². The maximum absolute atomic E-state index is 14.6. The number of benzene rings is 2. The largest absolute Gasteiger partial charge is 0.483 e. The zero-order chi connectivity index (χ0) is 37.7. The number of rotatable bonds is 10. The highest BCUT2D eigenvalue weighted by Gasteiger charge is 2.66. The molecule has 2 fully saturated rings. The van der Waals surface area contributed by atoms with Crippen molar-refractivity contribution in [1.29, 1.82) is 0 Å². The van der Waals surface area contributed by atoms with Crippen molar-refractivity contribution in [2.24, 2.45) is 11.8 Å². The van der Waals surface area contributed by atoms with Crippen LogP contribution in [0, 0.1) is 17.7 Å². The number of likely N-dealkylation sites (tertiary alicyclic amines) is 1. The molecular weight excluding hydrogens is 679 g/mol. The van der Waals surface area contributed by atoms with Gasteiger partial charge < -0.3 is 29.7 Å². The molecular formula is C41H47FN4O7. The topological polar surface area (TPSA) is 136 Å². The van der Waals surface area contributed by atoms with Gasteiger partial charge in [0, 0.05) is 34.8 Å². The first-order valence-corrected chi connectivity index (χ1v) is 18.6. The Labute approximate surface area is 308 Å². The van der Waals surface area contributed by atoms with E-state index in [0.717, 1.165) is 16.5 Å². The molecule has 7 rings (SSSR count). The first kappa shape index (κ1) is 36.4. The highest BCUT2D eigenvalue weighted by Crippen LogP contribution is 2.54. The molecule has 5 atom stereocenters. The van der Waals surface area contributed by atoms with Gasteiger partial charge in [-0.25, -0.2) is 19.0 Å². The average Bonchev–Trinajstić information content (AvgIpc) is 4.04. The van der Waals surface area contributed by atoms with Gasteiger partial charge >= 0.3 is 12.1 Å². The highest BCUT2D eigenvalue weighted by molar-refractivity contribution is 5.97. The lowest BCUT2D eigenvalue weighted by Gasteiger charge is -2.37. The van der Waals surface area contributed by atoms with E-state index >= 15 is 0 Å². The van der Waals surface area contributed by atoms with Crippen molar-refractivity contribution in [3.05, 3.63) is 72.1 Å². The van der Waals surface area contributed by atoms with Crippen LogP contribution in [0.2, 0.25) is 0 Å². The van der Waals surface area contributed by atoms with Gasteiger partial charge in [0.2, 0.25) is 11.8 Å². The minimum atomic E-state index is -1.20. The van der Waals surface area contributed by atoms with Crippen LogP contribution in [-0.4, -0.2) is 75.7 Å². The second-order valence-electron chi connectivity index (χ2n) is 15.7. The van der Waals surface area contributed by atoms with E-state index in [1.807, 2.05) is 43.3 Å². The summed E-state index contributed by atoms with van der Waals surface area (Å²) >= 11 is 0. The van der Waals surface area contributed by atoms with E-state index < -0.39 is 58.5 Å². The molecule has 2 aliphatic carbocycles. The van der Waals surface area contributed by atoms with Crippen LogP contribution in [0.15, 0.2) is 60.7 Å². The van der Waals surface area contributed by atoms with Crippen molar-refractivity contribution in [3.63, 3.8) is 0 Å². The van der Waals surface area contributed by atoms with Crippen LogP contribution in [0.3, 0.4) is 0 Å². The molecule has 3 amide bonds. The summed E-state index contributed by atoms with van der Waals surface area (Å²) in [6.45, 7) is 9.05. The maximum Gasteiger partial charge on any atom is 0.408 e. The third-order valence-corrected chi connectivity index (χ3v) is 10.6. The Morgan fingerprint density at radius 1 is 1.08 bits per heavy atom. The SMILES string of the molecule is CCC[C@H](NC(=O)OC(C)(C)C)C(=O)N1C[C@@]2(CCc3c(c(-c4cccc(F)c4)nc4ccccc34)O2)C[C@H]1C(=O)N[C@]1(C(=O)OCC)C[C@H]1C1C=C1. The number of hydrogen-bond donors (Lipinski definition) is 2. The fraction of sp³-hybridized carbons (Fsp3) is 0.488. The van der Waals surface area contributed by atoms with Gasteiger partial charge in [0.15, 0.2) is 0 Å². The number of aromatic nitrogens is 1. The summed E-state index contributed by atoms with van der Waals surface area (Å²) in [5.74, 6) is -1.40. The number of allylic oxidation sites excluding steroid dienone is 2. The minimum Gasteiger partial charge on any atom is -0.483 e. The van der Waals surface area contributed by atoms with E-state index in [1.165, 1.54) is 17.0 Å². The number of nitrogens with zero attached hydrogens (tertiary/aromatic N) is 2. The molecule has 2 aliphatic heterocycles. The number of alkyl carbamates (subject to hydrolysis) is 1. The van der Waals surface area contributed by atoms with Gasteiger partial charge in [-0.1, -0.05) is 55.8 Å². The van der Waals surface area contributed by atoms with Gasteiger partial charge in [-0.15, -0.1) is 0 Å². The fourth-order valence-electron chi connectivity index (χ4n) is 8.01. The van der Waals surface area contributed by atoms with Crippen molar-refractivity contribution in [2.75, 3.05) is 13.2 Å². The van der Waals surface area contributed by atoms with Gasteiger partial charge in [-0.2, -0.15) is 0 Å². The number of nitrogens with one attached hydrogen (secondary N) is 2. The molecule has 12 heteroatoms. The van der Waals surface area contributed by atoms with Crippen LogP contribution < -0.4 is 15.4 Å². The van der Waals surface area contributed by atoms with Crippen LogP contribution in [0.25, 0.3) is 22.2 Å². The summed E-state index contributed by atoms with van der Waals surface area (Å²) in [7, 11) is 0. The molecule has 1 saturated carbocycles. The molecule has 4 aliphatic rings. The smallest absolute Gasteiger partial charge is 0.408 e. The van der Waals surface area contributed by atoms with Crippen LogP contribution in [0.1, 0.15) is 72.3 Å². The lowest BCUT2D eigenvalue weighted by molar-refractivity contribution is -0.150. The average molecular weight is 727 g/mol. The molecule has 2 N–H and O–H groups in total. The van der Waals surface area contributed by atoms with Gasteiger partial charge in [-0.3, -0.25) is 9.59 Å². The Morgan fingerprint density at radius 3 is 2.55 bits per heavy atom. The number of carbonyl (C=O) groups excluding carboxylic acids is 4. The highest BCUT2D eigenvalue weighted by atomic mass is 19.1. The quantitative estimate of drug-likeness (QED) is 0.191. The molecule has 11 nitrogen and oxygen atoms in total. The summed E-state index contributed by atoms with van der Waals surface area (Å²) in [4.78, 5) is 61.8. The van der Waals surface area contributed by atoms with Gasteiger partial charge in [0.25, 0.3) is 0 Å². The molecule has 3 aromatic rings. The molecule has 280 valence electrons. The van der Waals surface area contributed by atoms with E-state index in [4.69, 9.17) is 19.2 Å². The summed E-state index contributed by atoms with van der Waals surface area (Å²) in [5, 5.41) is 6.69. The number of pyridine rings is 1. The number of ether oxygens (including phenoxy) is 3. The van der Waals surface area contributed by atoms with Crippen molar-refractivity contribution < 1.29 is 37.8 Å². The standard InChI is InChI=1S/C41H47FN4O7/c1-6-11-31(44-38(50)53-39(3,4)5)36(48)46-23-40(22-32(46)35(47)45-41(37(49)51-7-2)21-29(41)24-16-17-24)19-18-28-27-14-8-9-15-30(27)43-33(34(28)52-40)25-12-10-13-26(42)20-25/h8-10,12-17,20,24,29,31-32H,6-7,11,18-19,21-23H2,1-5H3,(H,44,50)(H,45,47)/t29-,31-,32-,40+,41+/m0/s1. The second-order valence-corrected chi connectivity index (χ2v) is 15.7. The van der Waals surface area contributed by atoms with Crippen LogP contribution in [0.4, 0.5) is 9.18 Å². The molecule has 0 radical (unpaired) electrons. The molecule has 0 unspecified atom stereocenters. The number of fused-ring (bicyclic) bond motifs is 3. The number of carbonyl (C=O) groups is 4. The minimum absolute atomic E-state index is 0.0367. The Bertz CT molecular complexity index is 1990. The zero-order valence-electron chi connectivity index (χ0n) is 30.9. The number of hydrogen-bond acceptors (Lipinski definition) is 8. The van der Waals surface area contributed by atoms with E-state index in [1.54, 1.807) is 39.8 Å². The summed E-state index contributed by atoms with van der Waals surface area (Å²) in [6.07, 6.45) is 5.71. The van der Waals surface area contributed by atoms with E-state index in [0.29, 0.717) is 49.1 Å². The molecule has 0 bridgehead atoms. The normalized spacial score (nSPS) is 25.0. The number of halogens is 1. The second kappa shape index (κ2) is 13.8. The number of para-hydroxylation sites is 1. The van der Waals surface area contributed by atoms with Crippen LogP contribution >= 0.6 is 0 Å². The Kier molecular flexibility index (Phi) is 9.44. The summed E-state index contributed by atoms with van der Waals surface area (Å²) < 4.78 is 32.5. The Hall–Kier alpha value is -5.00. The maximum atomic E-state index is 14.6. The Balaban J connectivity index is 1.25. The molecule has 1 saturated heterocycles. The fourth-order valence-corrected chi connectivity index (χ4v) is 8.01. The van der Waals surface area contributed by atoms with Gasteiger partial charge in [0.1, 0.15) is 46.1 Å². The van der Waals surface area contributed by atoms with Gasteiger partial charge in [0.05, 0.1) is 18.7 Å². The van der Waals surface area contributed by atoms with Crippen molar-refractivity contribution >= 4 is 34.8 Å². The number of aryl methyl sites for hydroxylation is 1. The monoisotopic (exact) mass is 726 g/mol. The van der Waals surface area contributed by atoms with E-state index in [-0.39, 0.29) is 31.4 Å². The van der Waals surface area contributed by atoms with Crippen LogP contribution in [-0.2, 0) is 30.3 Å². The van der Waals surface area contributed by atoms with E-state index in [9.17, 15) is 23.6 Å². The third kappa shape index (κ3) is 7.20. The summed E-state index contributed by atoms with van der Waals surface area (Å²) in [6, 6.07) is 11.9. The predicted octanol–water partition coefficient (Wildman–Crippen LogP) is 6.02. The zero-order valence-corrected chi connectivity index (χ0v) is 30.9. The number of amides is 3. The third-order valence-electron chi connectivity index (χ3n) is 10.6. The van der Waals surface area contributed by atoms with E-state index in [2.05, 4.69) is 10.6 Å². The first-order chi connectivity index (χ1) is 25.3. The molecule has 53 heavy (non-hydrogen) atoms. The van der Waals surface area contributed by atoms with Gasteiger partial charge in [-0.05, 0) is 71.6 Å². The molecule has 1 aromatic heterocycles. The molecule has 3 heterocycles. The molecule has 2 aromatic carbocycles.